The summed E-state index contributed by atoms with van der Waals surface area (Å²) in [4.78, 5) is 12.7. The SMILES string of the molecule is Cc1ccc2ccccc2c1COc1ccc(Br)cc1/C=C(\C#N)C(=O)Nc1ccc(Cl)cc1. The number of nitrogens with one attached hydrogen (secondary N) is 1. The van der Waals surface area contributed by atoms with E-state index in [0.29, 0.717) is 28.6 Å². The summed E-state index contributed by atoms with van der Waals surface area (Å²) in [6, 6.07) is 26.5. The maximum absolute atomic E-state index is 12.7. The van der Waals surface area contributed by atoms with E-state index in [9.17, 15) is 10.1 Å². The molecule has 1 amide bonds. The van der Waals surface area contributed by atoms with Crippen LogP contribution in [-0.4, -0.2) is 5.91 Å². The fraction of sp³-hybridized carbons (Fsp3) is 0.0714. The van der Waals surface area contributed by atoms with E-state index in [1.807, 2.05) is 36.4 Å². The number of carbonyl (C=O) groups is 1. The summed E-state index contributed by atoms with van der Waals surface area (Å²) in [6.45, 7) is 2.41. The number of anilines is 1. The second kappa shape index (κ2) is 10.6. The number of hydrogen-bond donors (Lipinski definition) is 1. The molecule has 34 heavy (non-hydrogen) atoms. The summed E-state index contributed by atoms with van der Waals surface area (Å²) >= 11 is 9.36. The molecule has 1 N–H and O–H groups in total. The van der Waals surface area contributed by atoms with Gasteiger partial charge in [0.25, 0.3) is 5.91 Å². The Kier molecular flexibility index (Phi) is 7.32. The number of aryl methyl sites for hydroxylation is 1. The molecule has 0 saturated heterocycles. The number of nitrogens with zero attached hydrogens (tertiary/aromatic N) is 1. The number of ether oxygens (including phenoxy) is 1. The monoisotopic (exact) mass is 530 g/mol. The lowest BCUT2D eigenvalue weighted by Crippen LogP contribution is -2.13. The number of rotatable bonds is 6. The fourth-order valence-corrected chi connectivity index (χ4v) is 4.09. The molecule has 4 rings (SSSR count). The molecule has 0 aliphatic heterocycles. The molecule has 4 nitrogen and oxygen atoms in total. The molecule has 0 aliphatic rings. The first-order valence-corrected chi connectivity index (χ1v) is 11.7. The molecule has 0 heterocycles. The van der Waals surface area contributed by atoms with Crippen molar-refractivity contribution in [2.75, 3.05) is 5.32 Å². The Morgan fingerprint density at radius 2 is 1.85 bits per heavy atom. The third kappa shape index (κ3) is 5.48. The van der Waals surface area contributed by atoms with Crippen molar-refractivity contribution in [2.45, 2.75) is 13.5 Å². The molecule has 0 aromatic heterocycles. The zero-order valence-corrected chi connectivity index (χ0v) is 20.7. The number of halogens is 2. The fourth-order valence-electron chi connectivity index (χ4n) is 3.59. The Labute approximate surface area is 211 Å². The standard InChI is InChI=1S/C28H20BrClN2O2/c1-18-6-7-19-4-2-3-5-25(19)26(18)17-34-27-13-8-22(29)15-20(27)14-21(16-31)28(33)32-24-11-9-23(30)10-12-24/h2-15H,17H2,1H3,(H,32,33)/b21-14+. The normalized spacial score (nSPS) is 11.2. The van der Waals surface area contributed by atoms with E-state index >= 15 is 0 Å². The van der Waals surface area contributed by atoms with Gasteiger partial charge in [0.1, 0.15) is 24.0 Å². The minimum absolute atomic E-state index is 0.0424. The number of amides is 1. The summed E-state index contributed by atoms with van der Waals surface area (Å²) in [5.41, 5.74) is 3.35. The van der Waals surface area contributed by atoms with Gasteiger partial charge in [-0.3, -0.25) is 4.79 Å². The Hall–Kier alpha value is -3.59. The van der Waals surface area contributed by atoms with Crippen LogP contribution >= 0.6 is 27.5 Å². The average molecular weight is 532 g/mol. The highest BCUT2D eigenvalue weighted by atomic mass is 79.9. The molecule has 168 valence electrons. The molecule has 0 radical (unpaired) electrons. The van der Waals surface area contributed by atoms with Gasteiger partial charge in [-0.15, -0.1) is 0 Å². The Morgan fingerprint density at radius 3 is 2.62 bits per heavy atom. The van der Waals surface area contributed by atoms with E-state index in [4.69, 9.17) is 16.3 Å². The van der Waals surface area contributed by atoms with Crippen LogP contribution < -0.4 is 10.1 Å². The highest BCUT2D eigenvalue weighted by Crippen LogP contribution is 2.29. The maximum Gasteiger partial charge on any atom is 0.266 e. The number of carbonyl (C=O) groups excluding carboxylic acids is 1. The lowest BCUT2D eigenvalue weighted by atomic mass is 10.0. The molecule has 0 unspecified atom stereocenters. The van der Waals surface area contributed by atoms with Gasteiger partial charge < -0.3 is 10.1 Å². The van der Waals surface area contributed by atoms with Gasteiger partial charge in [-0.05, 0) is 71.8 Å². The first-order chi connectivity index (χ1) is 16.4. The number of hydrogen-bond acceptors (Lipinski definition) is 3. The largest absolute Gasteiger partial charge is 0.488 e. The molecule has 4 aromatic carbocycles. The highest BCUT2D eigenvalue weighted by Gasteiger charge is 2.13. The number of fused-ring (bicyclic) bond motifs is 1. The number of benzene rings is 4. The van der Waals surface area contributed by atoms with E-state index in [-0.39, 0.29) is 5.57 Å². The van der Waals surface area contributed by atoms with Gasteiger partial charge in [0, 0.05) is 26.3 Å². The average Bonchev–Trinajstić information content (AvgIpc) is 2.84. The van der Waals surface area contributed by atoms with Crippen LogP contribution in [0.5, 0.6) is 5.75 Å². The molecule has 0 bridgehead atoms. The van der Waals surface area contributed by atoms with Crippen molar-refractivity contribution >= 4 is 56.0 Å². The van der Waals surface area contributed by atoms with Crippen LogP contribution in [0.2, 0.25) is 5.02 Å². The number of nitriles is 1. The molecular formula is C28H20BrClN2O2. The maximum atomic E-state index is 12.7. The van der Waals surface area contributed by atoms with Crippen molar-refractivity contribution in [2.24, 2.45) is 0 Å². The van der Waals surface area contributed by atoms with E-state index in [2.05, 4.69) is 52.4 Å². The van der Waals surface area contributed by atoms with Gasteiger partial charge in [-0.2, -0.15) is 5.26 Å². The van der Waals surface area contributed by atoms with Gasteiger partial charge in [0.2, 0.25) is 0 Å². The topological polar surface area (TPSA) is 62.1 Å². The van der Waals surface area contributed by atoms with E-state index in [1.54, 1.807) is 24.3 Å². The Balaban J connectivity index is 1.61. The summed E-state index contributed by atoms with van der Waals surface area (Å²) in [7, 11) is 0. The molecule has 0 atom stereocenters. The van der Waals surface area contributed by atoms with Gasteiger partial charge >= 0.3 is 0 Å². The van der Waals surface area contributed by atoms with Gasteiger partial charge in [0.05, 0.1) is 0 Å². The van der Waals surface area contributed by atoms with E-state index < -0.39 is 5.91 Å². The molecule has 4 aromatic rings. The van der Waals surface area contributed by atoms with Crippen molar-refractivity contribution in [3.63, 3.8) is 0 Å². The van der Waals surface area contributed by atoms with Crippen molar-refractivity contribution in [1.29, 1.82) is 5.26 Å². The Morgan fingerprint density at radius 1 is 1.09 bits per heavy atom. The molecule has 0 aliphatic carbocycles. The summed E-state index contributed by atoms with van der Waals surface area (Å²) in [5, 5.41) is 15.2. The molecule has 0 spiro atoms. The van der Waals surface area contributed by atoms with E-state index in [1.165, 1.54) is 6.08 Å². The Bertz CT molecular complexity index is 1440. The first-order valence-electron chi connectivity index (χ1n) is 10.5. The molecule has 0 saturated carbocycles. The van der Waals surface area contributed by atoms with Crippen molar-refractivity contribution in [3.8, 4) is 11.8 Å². The second-order valence-corrected chi connectivity index (χ2v) is 9.04. The van der Waals surface area contributed by atoms with Crippen LogP contribution in [0.25, 0.3) is 16.8 Å². The van der Waals surface area contributed by atoms with Crippen molar-refractivity contribution in [1.82, 2.24) is 0 Å². The summed E-state index contributed by atoms with van der Waals surface area (Å²) in [6.07, 6.45) is 1.53. The van der Waals surface area contributed by atoms with Gasteiger partial charge in [-0.25, -0.2) is 0 Å². The van der Waals surface area contributed by atoms with Gasteiger partial charge in [-0.1, -0.05) is 63.9 Å². The predicted molar refractivity (Wildman–Crippen MR) is 141 cm³/mol. The predicted octanol–water partition coefficient (Wildman–Crippen LogP) is 7.69. The summed E-state index contributed by atoms with van der Waals surface area (Å²) < 4.78 is 7.01. The third-order valence-electron chi connectivity index (χ3n) is 5.39. The lowest BCUT2D eigenvalue weighted by molar-refractivity contribution is -0.112. The zero-order chi connectivity index (χ0) is 24.1. The smallest absolute Gasteiger partial charge is 0.266 e. The molecule has 6 heteroatoms. The molecule has 0 fully saturated rings. The van der Waals surface area contributed by atoms with Crippen LogP contribution in [0, 0.1) is 18.3 Å². The van der Waals surface area contributed by atoms with Crippen LogP contribution in [-0.2, 0) is 11.4 Å². The van der Waals surface area contributed by atoms with Crippen LogP contribution in [0.1, 0.15) is 16.7 Å². The minimum Gasteiger partial charge on any atom is -0.488 e. The quantitative estimate of drug-likeness (QED) is 0.205. The van der Waals surface area contributed by atoms with Crippen LogP contribution in [0.3, 0.4) is 0 Å². The first kappa shape index (κ1) is 23.6. The minimum atomic E-state index is -0.513. The van der Waals surface area contributed by atoms with Crippen molar-refractivity contribution < 1.29 is 9.53 Å². The van der Waals surface area contributed by atoms with Crippen LogP contribution in [0.15, 0.2) is 88.9 Å². The third-order valence-corrected chi connectivity index (χ3v) is 6.13. The van der Waals surface area contributed by atoms with E-state index in [0.717, 1.165) is 26.4 Å². The highest BCUT2D eigenvalue weighted by molar-refractivity contribution is 9.10. The second-order valence-electron chi connectivity index (χ2n) is 7.68. The molecular weight excluding hydrogens is 512 g/mol. The van der Waals surface area contributed by atoms with Crippen molar-refractivity contribution in [3.05, 3.63) is 111 Å². The zero-order valence-electron chi connectivity index (χ0n) is 18.3. The lowest BCUT2D eigenvalue weighted by Gasteiger charge is -2.14. The summed E-state index contributed by atoms with van der Waals surface area (Å²) in [5.74, 6) is 0.0585. The van der Waals surface area contributed by atoms with Gasteiger partial charge in [0.15, 0.2) is 0 Å². The van der Waals surface area contributed by atoms with Crippen LogP contribution in [0.4, 0.5) is 5.69 Å².